The summed E-state index contributed by atoms with van der Waals surface area (Å²) in [6.45, 7) is 9.19. The average molecular weight is 431 g/mol. The molecule has 0 atom stereocenters. The Labute approximate surface area is 175 Å². The monoisotopic (exact) mass is 430 g/mol. The summed E-state index contributed by atoms with van der Waals surface area (Å²) in [4.78, 5) is 19.4. The van der Waals surface area contributed by atoms with Crippen molar-refractivity contribution in [2.45, 2.75) is 38.6 Å². The van der Waals surface area contributed by atoms with Crippen molar-refractivity contribution in [2.75, 3.05) is 31.1 Å². The van der Waals surface area contributed by atoms with Gasteiger partial charge in [0.25, 0.3) is 5.56 Å². The molecule has 0 amide bonds. The maximum absolute atomic E-state index is 13.0. The molecular weight excluding hydrogens is 404 g/mol. The van der Waals surface area contributed by atoms with Crippen LogP contribution in [0.15, 0.2) is 34.2 Å². The highest BCUT2D eigenvalue weighted by atomic mass is 32.2. The highest BCUT2D eigenvalue weighted by molar-refractivity contribution is 7.89. The summed E-state index contributed by atoms with van der Waals surface area (Å²) in [5.74, 6) is 0. The lowest BCUT2D eigenvalue weighted by Crippen LogP contribution is -2.48. The summed E-state index contributed by atoms with van der Waals surface area (Å²) in [6, 6.07) is 5.66. The number of aromatic amines is 1. The van der Waals surface area contributed by atoms with Crippen LogP contribution in [0.3, 0.4) is 0 Å². The summed E-state index contributed by atoms with van der Waals surface area (Å²) < 4.78 is 29.2. The Kier molecular flexibility index (Phi) is 5.15. The fourth-order valence-electron chi connectivity index (χ4n) is 3.92. The summed E-state index contributed by atoms with van der Waals surface area (Å²) in [5.41, 5.74) is 2.58. The number of fused-ring (bicyclic) bond motifs is 1. The molecule has 0 aliphatic carbocycles. The molecule has 3 aromatic rings. The predicted octanol–water partition coefficient (Wildman–Crippen LogP) is 1.83. The van der Waals surface area contributed by atoms with Crippen molar-refractivity contribution in [3.8, 4) is 0 Å². The first kappa shape index (κ1) is 20.5. The lowest BCUT2D eigenvalue weighted by Gasteiger charge is -2.35. The van der Waals surface area contributed by atoms with Gasteiger partial charge in [0.15, 0.2) is 0 Å². The van der Waals surface area contributed by atoms with E-state index in [0.29, 0.717) is 48.5 Å². The third kappa shape index (κ3) is 3.39. The maximum atomic E-state index is 13.0. The fourth-order valence-corrected chi connectivity index (χ4v) is 5.68. The second-order valence-electron chi connectivity index (χ2n) is 7.91. The first-order valence-corrected chi connectivity index (χ1v) is 11.4. The normalized spacial score (nSPS) is 16.0. The van der Waals surface area contributed by atoms with E-state index in [1.165, 1.54) is 4.31 Å². The van der Waals surface area contributed by atoms with E-state index in [9.17, 15) is 13.2 Å². The SMILES string of the molecule is Cc1n[nH]c(C)c1S(=O)(=O)N1CCN(c2ccc3c(=O)n(C(C)C)cnc3c2)CC1. The largest absolute Gasteiger partial charge is 0.369 e. The topological polar surface area (TPSA) is 104 Å². The van der Waals surface area contributed by atoms with Gasteiger partial charge < -0.3 is 4.90 Å². The zero-order chi connectivity index (χ0) is 21.6. The van der Waals surface area contributed by atoms with Gasteiger partial charge in [0.2, 0.25) is 10.0 Å². The molecule has 0 unspecified atom stereocenters. The number of anilines is 1. The van der Waals surface area contributed by atoms with Gasteiger partial charge in [-0.15, -0.1) is 0 Å². The van der Waals surface area contributed by atoms with Gasteiger partial charge >= 0.3 is 0 Å². The molecule has 160 valence electrons. The zero-order valence-corrected chi connectivity index (χ0v) is 18.4. The van der Waals surface area contributed by atoms with E-state index >= 15 is 0 Å². The van der Waals surface area contributed by atoms with Crippen LogP contribution < -0.4 is 10.5 Å². The van der Waals surface area contributed by atoms with Crippen LogP contribution in [0.4, 0.5) is 5.69 Å². The van der Waals surface area contributed by atoms with E-state index in [4.69, 9.17) is 0 Å². The van der Waals surface area contributed by atoms with Crippen molar-refractivity contribution in [3.05, 3.63) is 46.3 Å². The van der Waals surface area contributed by atoms with Gasteiger partial charge in [-0.3, -0.25) is 14.5 Å². The number of sulfonamides is 1. The minimum atomic E-state index is -3.58. The van der Waals surface area contributed by atoms with Crippen LogP contribution in [0.2, 0.25) is 0 Å². The number of aromatic nitrogens is 4. The molecule has 4 rings (SSSR count). The van der Waals surface area contributed by atoms with Gasteiger partial charge in [-0.25, -0.2) is 13.4 Å². The molecule has 3 heterocycles. The van der Waals surface area contributed by atoms with Crippen LogP contribution in [0.1, 0.15) is 31.3 Å². The molecule has 9 nitrogen and oxygen atoms in total. The van der Waals surface area contributed by atoms with Crippen molar-refractivity contribution >= 4 is 26.6 Å². The maximum Gasteiger partial charge on any atom is 0.261 e. The van der Waals surface area contributed by atoms with Gasteiger partial charge in [-0.1, -0.05) is 0 Å². The van der Waals surface area contributed by atoms with Crippen molar-refractivity contribution < 1.29 is 8.42 Å². The Morgan fingerprint density at radius 1 is 1.10 bits per heavy atom. The molecule has 2 aromatic heterocycles. The highest BCUT2D eigenvalue weighted by Gasteiger charge is 2.32. The number of hydrogen-bond donors (Lipinski definition) is 1. The minimum Gasteiger partial charge on any atom is -0.369 e. The minimum absolute atomic E-state index is 0.0478. The highest BCUT2D eigenvalue weighted by Crippen LogP contribution is 2.25. The van der Waals surface area contributed by atoms with Crippen molar-refractivity contribution in [2.24, 2.45) is 0 Å². The van der Waals surface area contributed by atoms with Gasteiger partial charge in [0.1, 0.15) is 4.90 Å². The van der Waals surface area contributed by atoms with E-state index in [2.05, 4.69) is 20.1 Å². The molecule has 1 fully saturated rings. The van der Waals surface area contributed by atoms with Crippen LogP contribution in [0.25, 0.3) is 10.9 Å². The number of rotatable bonds is 4. The molecule has 1 N–H and O–H groups in total. The van der Waals surface area contributed by atoms with Crippen LogP contribution in [-0.2, 0) is 10.0 Å². The van der Waals surface area contributed by atoms with Gasteiger partial charge in [0, 0.05) is 37.9 Å². The molecule has 0 saturated carbocycles. The Morgan fingerprint density at radius 3 is 2.40 bits per heavy atom. The summed E-state index contributed by atoms with van der Waals surface area (Å²) in [7, 11) is -3.58. The van der Waals surface area contributed by atoms with E-state index in [1.54, 1.807) is 30.8 Å². The Balaban J connectivity index is 1.55. The third-order valence-corrected chi connectivity index (χ3v) is 7.75. The smallest absolute Gasteiger partial charge is 0.261 e. The van der Waals surface area contributed by atoms with E-state index in [-0.39, 0.29) is 16.5 Å². The fraction of sp³-hybridized carbons (Fsp3) is 0.450. The van der Waals surface area contributed by atoms with Crippen molar-refractivity contribution in [1.29, 1.82) is 0 Å². The van der Waals surface area contributed by atoms with Gasteiger partial charge in [-0.05, 0) is 45.9 Å². The predicted molar refractivity (Wildman–Crippen MR) is 115 cm³/mol. The lowest BCUT2D eigenvalue weighted by atomic mass is 10.2. The van der Waals surface area contributed by atoms with Gasteiger partial charge in [0.05, 0.1) is 28.6 Å². The Morgan fingerprint density at radius 2 is 1.80 bits per heavy atom. The van der Waals surface area contributed by atoms with Crippen LogP contribution in [-0.4, -0.2) is 58.7 Å². The van der Waals surface area contributed by atoms with Crippen LogP contribution >= 0.6 is 0 Å². The van der Waals surface area contributed by atoms with E-state index < -0.39 is 10.0 Å². The quantitative estimate of drug-likeness (QED) is 0.677. The molecule has 1 aromatic carbocycles. The lowest BCUT2D eigenvalue weighted by molar-refractivity contribution is 0.384. The summed E-state index contributed by atoms with van der Waals surface area (Å²) >= 11 is 0. The molecule has 10 heteroatoms. The van der Waals surface area contributed by atoms with Crippen molar-refractivity contribution in [3.63, 3.8) is 0 Å². The first-order chi connectivity index (χ1) is 14.2. The number of nitrogens with one attached hydrogen (secondary N) is 1. The Hall–Kier alpha value is -2.72. The van der Waals surface area contributed by atoms with Gasteiger partial charge in [-0.2, -0.15) is 9.40 Å². The Bertz CT molecular complexity index is 1230. The van der Waals surface area contributed by atoms with Crippen molar-refractivity contribution in [1.82, 2.24) is 24.1 Å². The van der Waals surface area contributed by atoms with E-state index in [1.807, 2.05) is 26.0 Å². The molecule has 30 heavy (non-hydrogen) atoms. The molecule has 1 saturated heterocycles. The van der Waals surface area contributed by atoms with Crippen LogP contribution in [0.5, 0.6) is 0 Å². The third-order valence-electron chi connectivity index (χ3n) is 5.59. The number of aryl methyl sites for hydroxylation is 2. The molecule has 0 radical (unpaired) electrons. The standard InChI is InChI=1S/C20H26N6O3S/c1-13(2)26-12-21-18-11-16(5-6-17(18)20(26)27)24-7-9-25(10-8-24)30(28,29)19-14(3)22-23-15(19)4/h5-6,11-13H,7-10H2,1-4H3,(H,22,23). The number of hydrogen-bond acceptors (Lipinski definition) is 6. The second kappa shape index (κ2) is 7.51. The summed E-state index contributed by atoms with van der Waals surface area (Å²) in [5, 5.41) is 7.35. The second-order valence-corrected chi connectivity index (χ2v) is 9.78. The first-order valence-electron chi connectivity index (χ1n) is 9.97. The zero-order valence-electron chi connectivity index (χ0n) is 17.6. The number of piperazine rings is 1. The molecule has 0 spiro atoms. The molecule has 1 aliphatic rings. The molecular formula is C20H26N6O3S. The number of nitrogens with zero attached hydrogens (tertiary/aromatic N) is 5. The number of H-pyrrole nitrogens is 1. The number of benzene rings is 1. The summed E-state index contributed by atoms with van der Waals surface area (Å²) in [6.07, 6.45) is 1.58. The van der Waals surface area contributed by atoms with Crippen LogP contribution in [0, 0.1) is 13.8 Å². The molecule has 0 bridgehead atoms. The molecule has 1 aliphatic heterocycles. The average Bonchev–Trinajstić information content (AvgIpc) is 3.06. The van der Waals surface area contributed by atoms with E-state index in [0.717, 1.165) is 5.69 Å².